The average Bonchev–Trinajstić information content (AvgIpc) is 2.88. The van der Waals surface area contributed by atoms with E-state index in [0.717, 1.165) is 18.6 Å². The number of aromatic nitrogens is 2. The molecule has 0 atom stereocenters. The standard InChI is InChI=1S/C14H16F3N3O/c1-2-21-7-3-5-20-6-4-18-14(20)19-10-8-11(15)13(17)12(16)9-10/h4,6,8-9H,2-3,5,7H2,1H3,(H,18,19). The van der Waals surface area contributed by atoms with Crippen molar-refractivity contribution >= 4 is 11.6 Å². The Bertz CT molecular complexity index is 578. The molecule has 0 spiro atoms. The number of rotatable bonds is 7. The lowest BCUT2D eigenvalue weighted by Crippen LogP contribution is -2.06. The number of imidazole rings is 1. The highest BCUT2D eigenvalue weighted by Gasteiger charge is 2.12. The number of hydrogen-bond donors (Lipinski definition) is 1. The first-order valence-electron chi connectivity index (χ1n) is 6.62. The number of halogens is 3. The lowest BCUT2D eigenvalue weighted by atomic mass is 10.3. The van der Waals surface area contributed by atoms with Crippen LogP contribution < -0.4 is 5.32 Å². The van der Waals surface area contributed by atoms with E-state index in [1.807, 2.05) is 6.92 Å². The first kappa shape index (κ1) is 15.4. The van der Waals surface area contributed by atoms with E-state index in [1.54, 1.807) is 17.0 Å². The van der Waals surface area contributed by atoms with E-state index in [9.17, 15) is 13.2 Å². The first-order chi connectivity index (χ1) is 10.1. The van der Waals surface area contributed by atoms with Gasteiger partial charge in [0.2, 0.25) is 5.95 Å². The van der Waals surface area contributed by atoms with E-state index < -0.39 is 17.5 Å². The fraction of sp³-hybridized carbons (Fsp3) is 0.357. The van der Waals surface area contributed by atoms with Crippen molar-refractivity contribution in [2.75, 3.05) is 18.5 Å². The Kier molecular flexibility index (Phi) is 5.21. The van der Waals surface area contributed by atoms with Gasteiger partial charge in [-0.25, -0.2) is 18.2 Å². The molecular weight excluding hydrogens is 283 g/mol. The Hall–Kier alpha value is -2.02. The zero-order chi connectivity index (χ0) is 15.2. The number of nitrogens with zero attached hydrogens (tertiary/aromatic N) is 2. The molecule has 1 N–H and O–H groups in total. The van der Waals surface area contributed by atoms with E-state index in [0.29, 0.717) is 25.7 Å². The summed E-state index contributed by atoms with van der Waals surface area (Å²) >= 11 is 0. The van der Waals surface area contributed by atoms with Crippen molar-refractivity contribution in [3.8, 4) is 0 Å². The fourth-order valence-corrected chi connectivity index (χ4v) is 1.85. The number of nitrogens with one attached hydrogen (secondary N) is 1. The third-order valence-corrected chi connectivity index (χ3v) is 2.85. The highest BCUT2D eigenvalue weighted by Crippen LogP contribution is 2.20. The van der Waals surface area contributed by atoms with Crippen molar-refractivity contribution in [3.05, 3.63) is 42.0 Å². The Morgan fingerprint density at radius 3 is 2.62 bits per heavy atom. The molecule has 0 aliphatic rings. The van der Waals surface area contributed by atoms with Crippen LogP contribution in [0.5, 0.6) is 0 Å². The van der Waals surface area contributed by atoms with Crippen molar-refractivity contribution in [2.24, 2.45) is 0 Å². The fourth-order valence-electron chi connectivity index (χ4n) is 1.85. The number of ether oxygens (including phenoxy) is 1. The summed E-state index contributed by atoms with van der Waals surface area (Å²) in [6.45, 7) is 3.84. The summed E-state index contributed by atoms with van der Waals surface area (Å²) in [4.78, 5) is 4.06. The van der Waals surface area contributed by atoms with Crippen molar-refractivity contribution < 1.29 is 17.9 Å². The minimum absolute atomic E-state index is 0.101. The van der Waals surface area contributed by atoms with Crippen LogP contribution in [0.2, 0.25) is 0 Å². The molecule has 1 aromatic heterocycles. The van der Waals surface area contributed by atoms with Crippen LogP contribution in [0, 0.1) is 17.5 Å². The molecule has 0 aliphatic carbocycles. The summed E-state index contributed by atoms with van der Waals surface area (Å²) < 4.78 is 46.2. The highest BCUT2D eigenvalue weighted by atomic mass is 19.2. The number of hydrogen-bond acceptors (Lipinski definition) is 3. The summed E-state index contributed by atoms with van der Waals surface area (Å²) in [5, 5.41) is 2.77. The second-order valence-electron chi connectivity index (χ2n) is 4.37. The highest BCUT2D eigenvalue weighted by molar-refractivity contribution is 5.53. The molecule has 7 heteroatoms. The molecule has 0 bridgehead atoms. The molecule has 2 rings (SSSR count). The van der Waals surface area contributed by atoms with Gasteiger partial charge in [0.1, 0.15) is 0 Å². The summed E-state index contributed by atoms with van der Waals surface area (Å²) in [6, 6.07) is 1.77. The molecule has 2 aromatic rings. The molecule has 4 nitrogen and oxygen atoms in total. The van der Waals surface area contributed by atoms with Gasteiger partial charge in [-0.1, -0.05) is 0 Å². The van der Waals surface area contributed by atoms with Gasteiger partial charge in [-0.3, -0.25) is 0 Å². The number of anilines is 2. The van der Waals surface area contributed by atoms with Crippen LogP contribution in [-0.2, 0) is 11.3 Å². The molecule has 0 radical (unpaired) electrons. The van der Waals surface area contributed by atoms with E-state index >= 15 is 0 Å². The summed E-state index contributed by atoms with van der Waals surface area (Å²) in [5.41, 5.74) is 0.101. The zero-order valence-corrected chi connectivity index (χ0v) is 11.6. The molecule has 1 heterocycles. The maximum atomic E-state index is 13.2. The minimum atomic E-state index is -1.49. The lowest BCUT2D eigenvalue weighted by molar-refractivity contribution is 0.142. The van der Waals surface area contributed by atoms with E-state index in [2.05, 4.69) is 10.3 Å². The number of aryl methyl sites for hydroxylation is 1. The Labute approximate surface area is 120 Å². The van der Waals surface area contributed by atoms with Crippen molar-refractivity contribution in [3.63, 3.8) is 0 Å². The van der Waals surface area contributed by atoms with Gasteiger partial charge in [-0.05, 0) is 13.3 Å². The predicted octanol–water partition coefficient (Wildman–Crippen LogP) is 3.47. The van der Waals surface area contributed by atoms with Crippen LogP contribution in [0.15, 0.2) is 24.5 Å². The minimum Gasteiger partial charge on any atom is -0.382 e. The summed E-state index contributed by atoms with van der Waals surface area (Å²) in [5.74, 6) is -3.54. The van der Waals surface area contributed by atoms with Crippen LogP contribution >= 0.6 is 0 Å². The summed E-state index contributed by atoms with van der Waals surface area (Å²) in [6.07, 6.45) is 4.09. The molecule has 0 aliphatic heterocycles. The molecule has 114 valence electrons. The van der Waals surface area contributed by atoms with E-state index in [4.69, 9.17) is 4.74 Å². The second-order valence-corrected chi connectivity index (χ2v) is 4.37. The smallest absolute Gasteiger partial charge is 0.207 e. The van der Waals surface area contributed by atoms with Crippen LogP contribution in [0.4, 0.5) is 24.8 Å². The molecule has 0 fully saturated rings. The van der Waals surface area contributed by atoms with Gasteiger partial charge in [0.25, 0.3) is 0 Å². The van der Waals surface area contributed by atoms with Gasteiger partial charge in [0.05, 0.1) is 0 Å². The molecule has 0 amide bonds. The normalized spacial score (nSPS) is 10.9. The Morgan fingerprint density at radius 1 is 1.24 bits per heavy atom. The van der Waals surface area contributed by atoms with Gasteiger partial charge in [-0.2, -0.15) is 0 Å². The lowest BCUT2D eigenvalue weighted by Gasteiger charge is -2.10. The van der Waals surface area contributed by atoms with Crippen LogP contribution in [-0.4, -0.2) is 22.8 Å². The van der Waals surface area contributed by atoms with Crippen molar-refractivity contribution in [2.45, 2.75) is 19.9 Å². The maximum absolute atomic E-state index is 13.2. The second kappa shape index (κ2) is 7.12. The third-order valence-electron chi connectivity index (χ3n) is 2.85. The molecule has 21 heavy (non-hydrogen) atoms. The Balaban J connectivity index is 2.05. The number of benzene rings is 1. The van der Waals surface area contributed by atoms with Crippen LogP contribution in [0.25, 0.3) is 0 Å². The van der Waals surface area contributed by atoms with Gasteiger partial charge >= 0.3 is 0 Å². The molecular formula is C14H16F3N3O. The SMILES string of the molecule is CCOCCCn1ccnc1Nc1cc(F)c(F)c(F)c1. The van der Waals surface area contributed by atoms with Crippen LogP contribution in [0.1, 0.15) is 13.3 Å². The third kappa shape index (κ3) is 3.98. The monoisotopic (exact) mass is 299 g/mol. The molecule has 0 saturated carbocycles. The van der Waals surface area contributed by atoms with E-state index in [-0.39, 0.29) is 5.69 Å². The van der Waals surface area contributed by atoms with Crippen molar-refractivity contribution in [1.82, 2.24) is 9.55 Å². The topological polar surface area (TPSA) is 39.1 Å². The largest absolute Gasteiger partial charge is 0.382 e. The predicted molar refractivity (Wildman–Crippen MR) is 72.9 cm³/mol. The van der Waals surface area contributed by atoms with Crippen LogP contribution in [0.3, 0.4) is 0 Å². The van der Waals surface area contributed by atoms with Gasteiger partial charge in [-0.15, -0.1) is 0 Å². The zero-order valence-electron chi connectivity index (χ0n) is 11.6. The van der Waals surface area contributed by atoms with E-state index in [1.165, 1.54) is 0 Å². The van der Waals surface area contributed by atoms with Gasteiger partial charge in [0.15, 0.2) is 17.5 Å². The quantitative estimate of drug-likeness (QED) is 0.628. The first-order valence-corrected chi connectivity index (χ1v) is 6.62. The Morgan fingerprint density at radius 2 is 1.95 bits per heavy atom. The molecule has 1 aromatic carbocycles. The molecule has 0 unspecified atom stereocenters. The van der Waals surface area contributed by atoms with Crippen molar-refractivity contribution in [1.29, 1.82) is 0 Å². The average molecular weight is 299 g/mol. The van der Waals surface area contributed by atoms with Gasteiger partial charge in [0, 0.05) is 50.0 Å². The maximum Gasteiger partial charge on any atom is 0.207 e. The molecule has 0 saturated heterocycles. The summed E-state index contributed by atoms with van der Waals surface area (Å²) in [7, 11) is 0. The van der Waals surface area contributed by atoms with Gasteiger partial charge < -0.3 is 14.6 Å².